The molecule has 6 nitrogen and oxygen atoms in total. The number of rotatable bonds is 4. The summed E-state index contributed by atoms with van der Waals surface area (Å²) in [5.74, 6) is 0.421. The Labute approximate surface area is 140 Å². The number of carbonyl (C=O) groups is 1. The molecule has 0 bridgehead atoms. The van der Waals surface area contributed by atoms with Crippen LogP contribution in [0.3, 0.4) is 0 Å². The molecule has 0 saturated heterocycles. The van der Waals surface area contributed by atoms with E-state index in [1.54, 1.807) is 12.1 Å². The molecule has 24 heavy (non-hydrogen) atoms. The molecule has 2 heterocycles. The van der Waals surface area contributed by atoms with Gasteiger partial charge in [-0.3, -0.25) is 14.9 Å². The van der Waals surface area contributed by atoms with Crippen molar-refractivity contribution in [2.24, 2.45) is 5.92 Å². The molecule has 2 aromatic rings. The zero-order valence-electron chi connectivity index (χ0n) is 13.9. The molecule has 0 aliphatic carbocycles. The lowest BCUT2D eigenvalue weighted by Gasteiger charge is -2.37. The summed E-state index contributed by atoms with van der Waals surface area (Å²) in [5.41, 5.74) is 2.01. The quantitative estimate of drug-likeness (QED) is 0.638. The van der Waals surface area contributed by atoms with Crippen molar-refractivity contribution >= 4 is 11.6 Å². The minimum Gasteiger partial charge on any atom is -0.348 e. The molecule has 1 aromatic carbocycles. The number of carbonyl (C=O) groups excluding carboxylic acids is 1. The van der Waals surface area contributed by atoms with E-state index in [0.717, 1.165) is 17.8 Å². The van der Waals surface area contributed by atoms with Crippen LogP contribution in [0.2, 0.25) is 0 Å². The van der Waals surface area contributed by atoms with Crippen LogP contribution in [0.15, 0.2) is 42.6 Å². The van der Waals surface area contributed by atoms with Crippen LogP contribution in [0.5, 0.6) is 0 Å². The maximum Gasteiger partial charge on any atom is 0.269 e. The van der Waals surface area contributed by atoms with Crippen LogP contribution < -0.4 is 0 Å². The van der Waals surface area contributed by atoms with Crippen molar-refractivity contribution in [3.63, 3.8) is 0 Å². The number of nitro groups is 1. The number of amides is 1. The summed E-state index contributed by atoms with van der Waals surface area (Å²) in [6.45, 7) is 5.49. The molecular weight excluding hydrogens is 306 g/mol. The Morgan fingerprint density at radius 1 is 1.25 bits per heavy atom. The van der Waals surface area contributed by atoms with E-state index in [2.05, 4.69) is 4.57 Å². The summed E-state index contributed by atoms with van der Waals surface area (Å²) >= 11 is 0. The first-order valence-electron chi connectivity index (χ1n) is 8.16. The third-order valence-corrected chi connectivity index (χ3v) is 4.36. The van der Waals surface area contributed by atoms with Gasteiger partial charge in [-0.2, -0.15) is 0 Å². The van der Waals surface area contributed by atoms with E-state index >= 15 is 0 Å². The topological polar surface area (TPSA) is 68.4 Å². The third kappa shape index (κ3) is 3.04. The molecule has 0 N–H and O–H groups in total. The monoisotopic (exact) mass is 327 g/mol. The Kier molecular flexibility index (Phi) is 4.38. The largest absolute Gasteiger partial charge is 0.348 e. The lowest BCUT2D eigenvalue weighted by molar-refractivity contribution is -0.384. The first kappa shape index (κ1) is 16.2. The van der Waals surface area contributed by atoms with Gasteiger partial charge in [-0.05, 0) is 35.7 Å². The predicted octanol–water partition coefficient (Wildman–Crippen LogP) is 3.37. The van der Waals surface area contributed by atoms with Crippen molar-refractivity contribution in [2.45, 2.75) is 32.9 Å². The molecule has 3 rings (SSSR count). The third-order valence-electron chi connectivity index (χ3n) is 4.36. The van der Waals surface area contributed by atoms with Gasteiger partial charge in [0.1, 0.15) is 0 Å². The van der Waals surface area contributed by atoms with Gasteiger partial charge in [0.25, 0.3) is 5.69 Å². The van der Waals surface area contributed by atoms with Crippen molar-refractivity contribution in [1.29, 1.82) is 0 Å². The maximum absolute atomic E-state index is 12.7. The Morgan fingerprint density at radius 3 is 2.58 bits per heavy atom. The second-order valence-electron chi connectivity index (χ2n) is 6.56. The van der Waals surface area contributed by atoms with Gasteiger partial charge < -0.3 is 9.47 Å². The van der Waals surface area contributed by atoms with E-state index in [4.69, 9.17) is 0 Å². The van der Waals surface area contributed by atoms with E-state index in [0.29, 0.717) is 18.9 Å². The van der Waals surface area contributed by atoms with E-state index in [1.807, 2.05) is 37.1 Å². The van der Waals surface area contributed by atoms with E-state index in [1.165, 1.54) is 12.1 Å². The zero-order valence-corrected chi connectivity index (χ0v) is 13.9. The first-order valence-corrected chi connectivity index (χ1v) is 8.16. The van der Waals surface area contributed by atoms with Crippen LogP contribution in [-0.4, -0.2) is 26.8 Å². The second-order valence-corrected chi connectivity index (χ2v) is 6.56. The van der Waals surface area contributed by atoms with Gasteiger partial charge in [-0.1, -0.05) is 13.8 Å². The van der Waals surface area contributed by atoms with Crippen LogP contribution in [0.25, 0.3) is 0 Å². The first-order chi connectivity index (χ1) is 11.5. The highest BCUT2D eigenvalue weighted by molar-refractivity contribution is 5.77. The molecule has 1 amide bonds. The summed E-state index contributed by atoms with van der Waals surface area (Å²) in [7, 11) is 0. The lowest BCUT2D eigenvalue weighted by atomic mass is 9.98. The fraction of sp³-hybridized carbons (Fsp3) is 0.389. The van der Waals surface area contributed by atoms with Crippen LogP contribution in [0.1, 0.15) is 37.6 Å². The van der Waals surface area contributed by atoms with Crippen molar-refractivity contribution in [3.8, 4) is 0 Å². The van der Waals surface area contributed by atoms with Crippen molar-refractivity contribution < 1.29 is 9.72 Å². The van der Waals surface area contributed by atoms with E-state index in [-0.39, 0.29) is 17.6 Å². The number of aromatic nitrogens is 1. The molecule has 1 aliphatic rings. The summed E-state index contributed by atoms with van der Waals surface area (Å²) in [6, 6.07) is 10.3. The molecule has 0 radical (unpaired) electrons. The molecule has 126 valence electrons. The average molecular weight is 327 g/mol. The fourth-order valence-corrected chi connectivity index (χ4v) is 3.25. The molecule has 0 spiro atoms. The van der Waals surface area contributed by atoms with E-state index < -0.39 is 4.92 Å². The molecule has 1 aliphatic heterocycles. The number of fused-ring (bicyclic) bond motifs is 1. The molecule has 1 unspecified atom stereocenters. The number of hydrogen-bond acceptors (Lipinski definition) is 3. The number of nitro benzene ring substituents is 1. The number of benzene rings is 1. The Balaban J connectivity index is 1.98. The normalized spacial score (nSPS) is 17.0. The Hall–Kier alpha value is -2.63. The molecule has 1 atom stereocenters. The Morgan fingerprint density at radius 2 is 1.96 bits per heavy atom. The molecular formula is C18H21N3O3. The molecule has 6 heteroatoms. The fourth-order valence-electron chi connectivity index (χ4n) is 3.25. The number of nitrogens with zero attached hydrogens (tertiary/aromatic N) is 3. The van der Waals surface area contributed by atoms with Crippen LogP contribution in [-0.2, 0) is 11.3 Å². The number of non-ortho nitro benzene ring substituents is 1. The van der Waals surface area contributed by atoms with Gasteiger partial charge >= 0.3 is 0 Å². The van der Waals surface area contributed by atoms with Gasteiger partial charge in [0, 0.05) is 43.5 Å². The van der Waals surface area contributed by atoms with Crippen molar-refractivity contribution in [1.82, 2.24) is 9.47 Å². The summed E-state index contributed by atoms with van der Waals surface area (Å²) in [4.78, 5) is 25.1. The average Bonchev–Trinajstić information content (AvgIpc) is 3.01. The van der Waals surface area contributed by atoms with Crippen molar-refractivity contribution in [2.75, 3.05) is 6.54 Å². The molecule has 0 saturated carbocycles. The van der Waals surface area contributed by atoms with Gasteiger partial charge in [0.2, 0.25) is 5.91 Å². The molecule has 1 aromatic heterocycles. The standard InChI is InChI=1S/C18H21N3O3/c1-13(2)12-17(22)20-11-10-19-9-3-4-16(19)18(20)14-5-7-15(8-6-14)21(23)24/h3-9,13,18H,10-12H2,1-2H3. The van der Waals surface area contributed by atoms with E-state index in [9.17, 15) is 14.9 Å². The highest BCUT2D eigenvalue weighted by Crippen LogP contribution is 2.34. The van der Waals surface area contributed by atoms with Crippen molar-refractivity contribution in [3.05, 3.63) is 64.0 Å². The Bertz CT molecular complexity index is 749. The minimum atomic E-state index is -0.408. The number of hydrogen-bond donors (Lipinski definition) is 0. The zero-order chi connectivity index (χ0) is 17.3. The van der Waals surface area contributed by atoms with Gasteiger partial charge in [-0.15, -0.1) is 0 Å². The minimum absolute atomic E-state index is 0.0602. The smallest absolute Gasteiger partial charge is 0.269 e. The highest BCUT2D eigenvalue weighted by Gasteiger charge is 2.32. The van der Waals surface area contributed by atoms with Gasteiger partial charge in [0.05, 0.1) is 11.0 Å². The summed E-state index contributed by atoms with van der Waals surface area (Å²) < 4.78 is 2.14. The summed E-state index contributed by atoms with van der Waals surface area (Å²) in [6.07, 6.45) is 2.52. The lowest BCUT2D eigenvalue weighted by Crippen LogP contribution is -2.42. The second kappa shape index (κ2) is 6.47. The van der Waals surface area contributed by atoms with Crippen LogP contribution in [0.4, 0.5) is 5.69 Å². The van der Waals surface area contributed by atoms with Gasteiger partial charge in [-0.25, -0.2) is 0 Å². The maximum atomic E-state index is 12.7. The van der Waals surface area contributed by atoms with Crippen LogP contribution in [0, 0.1) is 16.0 Å². The van der Waals surface area contributed by atoms with Crippen LogP contribution >= 0.6 is 0 Å². The highest BCUT2D eigenvalue weighted by atomic mass is 16.6. The predicted molar refractivity (Wildman–Crippen MR) is 90.5 cm³/mol. The summed E-state index contributed by atoms with van der Waals surface area (Å²) in [5, 5.41) is 10.9. The van der Waals surface area contributed by atoms with Gasteiger partial charge in [0.15, 0.2) is 0 Å². The molecule has 0 fully saturated rings. The SMILES string of the molecule is CC(C)CC(=O)N1CCn2cccc2C1c1ccc([N+](=O)[O-])cc1.